The van der Waals surface area contributed by atoms with E-state index in [9.17, 15) is 13.2 Å². The Morgan fingerprint density at radius 2 is 2.21 bits per heavy atom. The largest absolute Gasteiger partial charge is 0.351 e. The molecule has 6 nitrogen and oxygen atoms in total. The minimum absolute atomic E-state index is 0.0434. The number of carbonyl (C=O) groups excluding carboxylic acids is 1. The second-order valence-corrected chi connectivity index (χ2v) is 6.62. The van der Waals surface area contributed by atoms with Gasteiger partial charge in [0.05, 0.1) is 0 Å². The van der Waals surface area contributed by atoms with Crippen LogP contribution in [0.4, 0.5) is 0 Å². The molecule has 106 valence electrons. The second kappa shape index (κ2) is 5.34. The lowest BCUT2D eigenvalue weighted by Crippen LogP contribution is -2.26. The van der Waals surface area contributed by atoms with Crippen molar-refractivity contribution in [2.75, 3.05) is 6.54 Å². The van der Waals surface area contributed by atoms with Gasteiger partial charge in [-0.15, -0.1) is 0 Å². The number of primary sulfonamides is 1. The van der Waals surface area contributed by atoms with Gasteiger partial charge in [-0.3, -0.25) is 4.79 Å². The van der Waals surface area contributed by atoms with Crippen molar-refractivity contribution in [1.82, 2.24) is 9.88 Å². The molecule has 0 atom stereocenters. The van der Waals surface area contributed by atoms with Crippen LogP contribution in [0, 0.1) is 5.92 Å². The third kappa shape index (κ3) is 3.81. The molecule has 2 rings (SSSR count). The van der Waals surface area contributed by atoms with E-state index in [4.69, 9.17) is 5.14 Å². The lowest BCUT2D eigenvalue weighted by atomic mass is 10.2. The Kier molecular flexibility index (Phi) is 3.96. The molecule has 0 spiro atoms. The van der Waals surface area contributed by atoms with Gasteiger partial charge in [-0.2, -0.15) is 0 Å². The van der Waals surface area contributed by atoms with Gasteiger partial charge in [0.1, 0.15) is 10.6 Å². The highest BCUT2D eigenvalue weighted by Gasteiger charge is 2.20. The molecular weight excluding hydrogens is 266 g/mol. The van der Waals surface area contributed by atoms with Gasteiger partial charge >= 0.3 is 0 Å². The number of hydrogen-bond acceptors (Lipinski definition) is 3. The van der Waals surface area contributed by atoms with Gasteiger partial charge in [0, 0.05) is 19.8 Å². The van der Waals surface area contributed by atoms with Crippen LogP contribution < -0.4 is 10.5 Å². The Bertz CT molecular complexity index is 573. The molecule has 3 N–H and O–H groups in total. The molecule has 0 aliphatic heterocycles. The predicted octanol–water partition coefficient (Wildman–Crippen LogP) is 0.592. The fourth-order valence-electron chi connectivity index (χ4n) is 2.01. The summed E-state index contributed by atoms with van der Waals surface area (Å²) in [6.07, 6.45) is 6.07. The van der Waals surface area contributed by atoms with Crippen molar-refractivity contribution in [3.63, 3.8) is 0 Å². The van der Waals surface area contributed by atoms with Crippen LogP contribution in [0.2, 0.25) is 0 Å². The van der Waals surface area contributed by atoms with Crippen LogP contribution >= 0.6 is 0 Å². The average Bonchev–Trinajstić information content (AvgIpc) is 3.04. The van der Waals surface area contributed by atoms with Crippen LogP contribution in [0.25, 0.3) is 0 Å². The topological polar surface area (TPSA) is 94.2 Å². The van der Waals surface area contributed by atoms with Gasteiger partial charge in [-0.1, -0.05) is 12.8 Å². The van der Waals surface area contributed by atoms with Crippen molar-refractivity contribution in [2.24, 2.45) is 18.1 Å². The molecule has 1 saturated carbocycles. The Labute approximate surface area is 113 Å². The number of rotatable bonds is 6. The molecule has 1 amide bonds. The van der Waals surface area contributed by atoms with Crippen molar-refractivity contribution < 1.29 is 13.2 Å². The minimum Gasteiger partial charge on any atom is -0.351 e. The van der Waals surface area contributed by atoms with E-state index in [2.05, 4.69) is 5.32 Å². The van der Waals surface area contributed by atoms with E-state index >= 15 is 0 Å². The zero-order valence-corrected chi connectivity index (χ0v) is 11.7. The zero-order chi connectivity index (χ0) is 14.0. The molecular formula is C12H19N3O3S. The number of nitrogens with zero attached hydrogens (tertiary/aromatic N) is 1. The third-order valence-electron chi connectivity index (χ3n) is 3.31. The molecule has 0 saturated heterocycles. The lowest BCUT2D eigenvalue weighted by Gasteiger charge is -2.05. The summed E-state index contributed by atoms with van der Waals surface area (Å²) < 4.78 is 23.9. The first-order valence-corrected chi connectivity index (χ1v) is 7.90. The van der Waals surface area contributed by atoms with Crippen molar-refractivity contribution in [1.29, 1.82) is 0 Å². The van der Waals surface area contributed by atoms with E-state index in [1.807, 2.05) is 0 Å². The van der Waals surface area contributed by atoms with Crippen LogP contribution in [-0.4, -0.2) is 25.4 Å². The SMILES string of the molecule is Cn1cc(S(N)(=O)=O)cc1C(=O)NCCCC1CC1. The molecule has 19 heavy (non-hydrogen) atoms. The molecule has 1 aromatic heterocycles. The Balaban J connectivity index is 1.92. The van der Waals surface area contributed by atoms with Gasteiger partial charge in [0.2, 0.25) is 10.0 Å². The molecule has 1 aromatic rings. The highest BCUT2D eigenvalue weighted by atomic mass is 32.2. The summed E-state index contributed by atoms with van der Waals surface area (Å²) in [5.74, 6) is 0.578. The Morgan fingerprint density at radius 1 is 1.53 bits per heavy atom. The van der Waals surface area contributed by atoms with Gasteiger partial charge < -0.3 is 9.88 Å². The molecule has 0 aromatic carbocycles. The summed E-state index contributed by atoms with van der Waals surface area (Å²) in [5, 5.41) is 7.82. The number of aryl methyl sites for hydroxylation is 1. The summed E-state index contributed by atoms with van der Waals surface area (Å²) >= 11 is 0. The highest BCUT2D eigenvalue weighted by molar-refractivity contribution is 7.89. The Morgan fingerprint density at radius 3 is 2.74 bits per heavy atom. The number of sulfonamides is 1. The molecule has 1 heterocycles. The number of carbonyl (C=O) groups is 1. The number of nitrogens with two attached hydrogens (primary N) is 1. The molecule has 7 heteroatoms. The second-order valence-electron chi connectivity index (χ2n) is 5.06. The maximum Gasteiger partial charge on any atom is 0.267 e. The predicted molar refractivity (Wildman–Crippen MR) is 71.1 cm³/mol. The first kappa shape index (κ1) is 14.1. The third-order valence-corrected chi connectivity index (χ3v) is 4.19. The monoisotopic (exact) mass is 285 g/mol. The van der Waals surface area contributed by atoms with Crippen LogP contribution in [0.3, 0.4) is 0 Å². The summed E-state index contributed by atoms with van der Waals surface area (Å²) in [6.45, 7) is 0.616. The van der Waals surface area contributed by atoms with Crippen molar-refractivity contribution in [3.05, 3.63) is 18.0 Å². The van der Waals surface area contributed by atoms with Crippen LogP contribution in [0.1, 0.15) is 36.2 Å². The number of hydrogen-bond donors (Lipinski definition) is 2. The summed E-state index contributed by atoms with van der Waals surface area (Å²) in [4.78, 5) is 11.9. The van der Waals surface area contributed by atoms with Crippen molar-refractivity contribution >= 4 is 15.9 Å². The van der Waals surface area contributed by atoms with E-state index in [1.54, 1.807) is 7.05 Å². The summed E-state index contributed by atoms with van der Waals surface area (Å²) in [6, 6.07) is 1.30. The van der Waals surface area contributed by atoms with Crippen LogP contribution in [0.5, 0.6) is 0 Å². The normalized spacial score (nSPS) is 15.5. The molecule has 1 aliphatic carbocycles. The van der Waals surface area contributed by atoms with Gasteiger partial charge in [-0.25, -0.2) is 13.6 Å². The molecule has 1 aliphatic rings. The first-order chi connectivity index (χ1) is 8.88. The number of amides is 1. The maximum absolute atomic E-state index is 11.9. The smallest absolute Gasteiger partial charge is 0.267 e. The van der Waals surface area contributed by atoms with Gasteiger partial charge in [0.25, 0.3) is 5.91 Å². The molecule has 0 bridgehead atoms. The summed E-state index contributed by atoms with van der Waals surface area (Å²) in [5.41, 5.74) is 0.301. The van der Waals surface area contributed by atoms with Crippen LogP contribution in [0.15, 0.2) is 17.2 Å². The molecule has 0 unspecified atom stereocenters. The van der Waals surface area contributed by atoms with E-state index in [1.165, 1.54) is 29.7 Å². The van der Waals surface area contributed by atoms with Gasteiger partial charge in [-0.05, 0) is 24.8 Å². The maximum atomic E-state index is 11.9. The molecule has 1 fully saturated rings. The Hall–Kier alpha value is -1.34. The first-order valence-electron chi connectivity index (χ1n) is 6.35. The average molecular weight is 285 g/mol. The lowest BCUT2D eigenvalue weighted by molar-refractivity contribution is 0.0944. The standard InChI is InChI=1S/C12H19N3O3S/c1-15-8-10(19(13,17)18)7-11(15)12(16)14-6-2-3-9-4-5-9/h7-9H,2-6H2,1H3,(H,14,16)(H2,13,17,18). The minimum atomic E-state index is -3.77. The number of aromatic nitrogens is 1. The van der Waals surface area contributed by atoms with E-state index in [0.29, 0.717) is 12.2 Å². The fourth-order valence-corrected chi connectivity index (χ4v) is 2.59. The fraction of sp³-hybridized carbons (Fsp3) is 0.583. The van der Waals surface area contributed by atoms with E-state index in [-0.39, 0.29) is 10.8 Å². The van der Waals surface area contributed by atoms with Crippen LogP contribution in [-0.2, 0) is 17.1 Å². The van der Waals surface area contributed by atoms with Gasteiger partial charge in [0.15, 0.2) is 0 Å². The summed E-state index contributed by atoms with van der Waals surface area (Å²) in [7, 11) is -2.15. The molecule has 0 radical (unpaired) electrons. The van der Waals surface area contributed by atoms with Crippen molar-refractivity contribution in [2.45, 2.75) is 30.6 Å². The highest BCUT2D eigenvalue weighted by Crippen LogP contribution is 2.33. The van der Waals surface area contributed by atoms with E-state index in [0.717, 1.165) is 18.8 Å². The zero-order valence-electron chi connectivity index (χ0n) is 10.9. The number of nitrogens with one attached hydrogen (secondary N) is 1. The van der Waals surface area contributed by atoms with Crippen molar-refractivity contribution in [3.8, 4) is 0 Å². The quantitative estimate of drug-likeness (QED) is 0.749. The van der Waals surface area contributed by atoms with E-state index < -0.39 is 10.0 Å².